The fraction of sp³-hybridized carbons (Fsp3) is 0.176. The van der Waals surface area contributed by atoms with Gasteiger partial charge in [0.15, 0.2) is 0 Å². The van der Waals surface area contributed by atoms with Gasteiger partial charge < -0.3 is 4.74 Å². The number of carbonyl (C=O) groups is 1. The van der Waals surface area contributed by atoms with E-state index in [4.69, 9.17) is 9.73 Å². The van der Waals surface area contributed by atoms with Gasteiger partial charge in [-0.3, -0.25) is 4.90 Å². The van der Waals surface area contributed by atoms with E-state index < -0.39 is 11.6 Å². The van der Waals surface area contributed by atoms with Crippen molar-refractivity contribution in [2.75, 3.05) is 6.61 Å². The zero-order valence-corrected chi connectivity index (χ0v) is 24.2. The van der Waals surface area contributed by atoms with Crippen molar-refractivity contribution in [3.63, 3.8) is 0 Å². The molecule has 5 rings (SSSR count). The van der Waals surface area contributed by atoms with E-state index in [9.17, 15) is 4.79 Å². The highest BCUT2D eigenvalue weighted by atomic mass is 79.9. The summed E-state index contributed by atoms with van der Waals surface area (Å²) in [6.45, 7) is 8.45. The van der Waals surface area contributed by atoms with Crippen molar-refractivity contribution in [2.45, 2.75) is 33.2 Å². The summed E-state index contributed by atoms with van der Waals surface area (Å²) in [7, 11) is 0. The van der Waals surface area contributed by atoms with Crippen LogP contribution in [-0.2, 0) is 4.74 Å². The van der Waals surface area contributed by atoms with Gasteiger partial charge in [0.2, 0.25) is 0 Å². The molecular formula is C34H31BrN2O2. The topological polar surface area (TPSA) is 41.9 Å². The predicted molar refractivity (Wildman–Crippen MR) is 163 cm³/mol. The number of rotatable bonds is 5. The monoisotopic (exact) mass is 578 g/mol. The van der Waals surface area contributed by atoms with Crippen molar-refractivity contribution in [1.82, 2.24) is 4.90 Å². The second-order valence-corrected chi connectivity index (χ2v) is 11.3. The normalized spacial score (nSPS) is 14.7. The Morgan fingerprint density at radius 1 is 0.769 bits per heavy atom. The third-order valence-electron chi connectivity index (χ3n) is 6.84. The number of hydrogen-bond acceptors (Lipinski definition) is 3. The molecule has 0 spiro atoms. The minimum absolute atomic E-state index is 0.271. The number of aliphatic imine (C=N–C) groups is 1. The third-order valence-corrected chi connectivity index (χ3v) is 7.51. The lowest BCUT2D eigenvalue weighted by atomic mass is 9.87. The van der Waals surface area contributed by atoms with Crippen molar-refractivity contribution in [3.05, 3.63) is 135 Å². The number of hydrogen-bond donors (Lipinski definition) is 0. The summed E-state index contributed by atoms with van der Waals surface area (Å²) in [4.78, 5) is 20.3. The Bertz CT molecular complexity index is 1510. The van der Waals surface area contributed by atoms with Gasteiger partial charge in [-0.1, -0.05) is 102 Å². The van der Waals surface area contributed by atoms with E-state index in [1.807, 2.05) is 56.3 Å². The molecule has 0 saturated carbocycles. The first-order valence-corrected chi connectivity index (χ1v) is 13.8. The lowest BCUT2D eigenvalue weighted by Gasteiger charge is -2.31. The van der Waals surface area contributed by atoms with E-state index >= 15 is 0 Å². The van der Waals surface area contributed by atoms with Crippen LogP contribution in [0.25, 0.3) is 11.1 Å². The first-order valence-electron chi connectivity index (χ1n) is 13.0. The second kappa shape index (κ2) is 11.0. The first-order chi connectivity index (χ1) is 18.7. The molecule has 1 saturated heterocycles. The van der Waals surface area contributed by atoms with E-state index in [1.54, 1.807) is 4.90 Å². The maximum absolute atomic E-state index is 13.4. The number of ether oxygens (including phenoxy) is 1. The molecule has 39 heavy (non-hydrogen) atoms. The van der Waals surface area contributed by atoms with Gasteiger partial charge in [-0.25, -0.2) is 9.79 Å². The Morgan fingerprint density at radius 2 is 1.31 bits per heavy atom. The Balaban J connectivity index is 1.94. The summed E-state index contributed by atoms with van der Waals surface area (Å²) >= 11 is 3.67. The maximum atomic E-state index is 13.4. The van der Waals surface area contributed by atoms with Gasteiger partial charge in [0.05, 0.1) is 11.2 Å². The lowest BCUT2D eigenvalue weighted by molar-refractivity contribution is 0.168. The van der Waals surface area contributed by atoms with Gasteiger partial charge in [0.25, 0.3) is 0 Å². The van der Waals surface area contributed by atoms with E-state index in [2.05, 4.69) is 90.4 Å². The van der Waals surface area contributed by atoms with E-state index in [0.717, 1.165) is 38.0 Å². The number of carbonyl (C=O) groups excluding carboxylic acids is 1. The zero-order chi connectivity index (χ0) is 27.6. The van der Waals surface area contributed by atoms with Gasteiger partial charge >= 0.3 is 6.09 Å². The molecule has 1 aliphatic heterocycles. The summed E-state index contributed by atoms with van der Waals surface area (Å²) < 4.78 is 6.45. The summed E-state index contributed by atoms with van der Waals surface area (Å²) in [5, 5.41) is 0. The molecule has 0 bridgehead atoms. The number of cyclic esters (lactones) is 1. The van der Waals surface area contributed by atoms with Gasteiger partial charge in [-0.15, -0.1) is 0 Å². The summed E-state index contributed by atoms with van der Waals surface area (Å²) in [6, 6.07) is 35.0. The summed E-state index contributed by atoms with van der Waals surface area (Å²) in [6.07, 6.45) is -0.411. The smallest absolute Gasteiger partial charge is 0.416 e. The molecule has 4 aromatic rings. The van der Waals surface area contributed by atoms with Crippen LogP contribution in [0, 0.1) is 13.8 Å². The molecule has 1 aliphatic rings. The molecule has 0 N–H and O–H groups in total. The fourth-order valence-corrected chi connectivity index (χ4v) is 5.12. The number of nitrogens with zero attached hydrogens (tertiary/aromatic N) is 2. The molecule has 0 radical (unpaired) electrons. The zero-order valence-electron chi connectivity index (χ0n) is 22.6. The molecule has 0 unspecified atom stereocenters. The number of halogens is 1. The molecule has 4 nitrogen and oxygen atoms in total. The molecule has 5 heteroatoms. The summed E-state index contributed by atoms with van der Waals surface area (Å²) in [5.41, 5.74) is 7.33. The molecule has 196 valence electrons. The molecule has 0 aliphatic carbocycles. The van der Waals surface area contributed by atoms with Crippen molar-refractivity contribution < 1.29 is 9.53 Å². The van der Waals surface area contributed by atoms with E-state index in [0.29, 0.717) is 5.84 Å². The third kappa shape index (κ3) is 5.59. The van der Waals surface area contributed by atoms with Crippen LogP contribution >= 0.6 is 15.9 Å². The highest BCUT2D eigenvalue weighted by Gasteiger charge is 2.44. The van der Waals surface area contributed by atoms with Crippen molar-refractivity contribution in [3.8, 4) is 0 Å². The molecule has 4 aromatic carbocycles. The van der Waals surface area contributed by atoms with E-state index in [1.165, 1.54) is 11.1 Å². The highest BCUT2D eigenvalue weighted by molar-refractivity contribution is 9.10. The van der Waals surface area contributed by atoms with Crippen molar-refractivity contribution >= 4 is 44.7 Å². The van der Waals surface area contributed by atoms with Gasteiger partial charge in [0, 0.05) is 15.6 Å². The number of amides is 1. The maximum Gasteiger partial charge on any atom is 0.416 e. The Kier molecular flexibility index (Phi) is 7.53. The molecule has 1 heterocycles. The molecule has 0 atom stereocenters. The quantitative estimate of drug-likeness (QED) is 0.135. The standard InChI is InChI=1S/C34H31BrN2O2/c1-23-14-18-26(19-15-23)30(27-20-16-24(2)17-21-27)31(25-10-6-5-7-11-25)32(36-29-13-9-8-12-28(29)35)37-33(38)39-22-34(37,3)4/h5-21H,22H2,1-4H3. The number of benzene rings is 4. The minimum Gasteiger partial charge on any atom is -0.447 e. The second-order valence-electron chi connectivity index (χ2n) is 10.4. The largest absolute Gasteiger partial charge is 0.447 e. The van der Waals surface area contributed by atoms with Crippen LogP contribution < -0.4 is 0 Å². The van der Waals surface area contributed by atoms with Gasteiger partial charge in [0.1, 0.15) is 12.4 Å². The van der Waals surface area contributed by atoms with Crippen LogP contribution in [0.3, 0.4) is 0 Å². The molecule has 0 aromatic heterocycles. The van der Waals surface area contributed by atoms with Gasteiger partial charge in [-0.05, 0) is 72.4 Å². The van der Waals surface area contributed by atoms with Crippen LogP contribution in [-0.4, -0.2) is 29.0 Å². The van der Waals surface area contributed by atoms with Crippen LogP contribution in [0.4, 0.5) is 10.5 Å². The first kappa shape index (κ1) is 26.6. The SMILES string of the molecule is Cc1ccc(C(=C(C(=Nc2ccccc2Br)N2C(=O)OCC2(C)C)c2ccccc2)c2ccc(C)cc2)cc1. The fourth-order valence-electron chi connectivity index (χ4n) is 4.75. The van der Waals surface area contributed by atoms with E-state index in [-0.39, 0.29) is 6.61 Å². The van der Waals surface area contributed by atoms with Crippen LogP contribution in [0.2, 0.25) is 0 Å². The Hall–Kier alpha value is -3.96. The predicted octanol–water partition coefficient (Wildman–Crippen LogP) is 8.99. The van der Waals surface area contributed by atoms with Gasteiger partial charge in [-0.2, -0.15) is 0 Å². The summed E-state index contributed by atoms with van der Waals surface area (Å²) in [5.74, 6) is 0.539. The van der Waals surface area contributed by atoms with Crippen LogP contribution in [0.1, 0.15) is 41.7 Å². The molecule has 1 amide bonds. The molecule has 1 fully saturated rings. The van der Waals surface area contributed by atoms with Crippen LogP contribution in [0.15, 0.2) is 113 Å². The number of para-hydroxylation sites is 1. The van der Waals surface area contributed by atoms with Crippen molar-refractivity contribution in [2.24, 2.45) is 4.99 Å². The van der Waals surface area contributed by atoms with Crippen molar-refractivity contribution in [1.29, 1.82) is 0 Å². The number of aryl methyl sites for hydroxylation is 2. The Morgan fingerprint density at radius 3 is 1.82 bits per heavy atom. The lowest BCUT2D eigenvalue weighted by Crippen LogP contribution is -2.46. The minimum atomic E-state index is -0.608. The Labute approximate surface area is 238 Å². The average molecular weight is 580 g/mol. The highest BCUT2D eigenvalue weighted by Crippen LogP contribution is 2.39. The molecular weight excluding hydrogens is 548 g/mol. The number of amidine groups is 1. The average Bonchev–Trinajstić information content (AvgIpc) is 3.21. The van der Waals surface area contributed by atoms with Crippen LogP contribution in [0.5, 0.6) is 0 Å².